The van der Waals surface area contributed by atoms with Crippen molar-refractivity contribution in [1.82, 2.24) is 14.7 Å². The highest BCUT2D eigenvalue weighted by molar-refractivity contribution is 5.27. The molecule has 24 heavy (non-hydrogen) atoms. The van der Waals surface area contributed by atoms with Gasteiger partial charge in [-0.05, 0) is 44.6 Å². The summed E-state index contributed by atoms with van der Waals surface area (Å²) < 4.78 is 5.56. The Hall–Kier alpha value is -1.36. The van der Waals surface area contributed by atoms with Crippen molar-refractivity contribution >= 4 is 0 Å². The highest BCUT2D eigenvalue weighted by Gasteiger charge is 2.41. The van der Waals surface area contributed by atoms with E-state index in [1.54, 1.807) is 6.08 Å². The maximum absolute atomic E-state index is 5.56. The number of hydrogen-bond donors (Lipinski definition) is 0. The normalized spacial score (nSPS) is 22.6. The van der Waals surface area contributed by atoms with Gasteiger partial charge in [-0.25, -0.2) is 0 Å². The smallest absolute Gasteiger partial charge is 0.119 e. The average molecular weight is 329 g/mol. The molecule has 2 saturated heterocycles. The van der Waals surface area contributed by atoms with E-state index >= 15 is 0 Å². The summed E-state index contributed by atoms with van der Waals surface area (Å²) in [6.45, 7) is 11.3. The van der Waals surface area contributed by atoms with Gasteiger partial charge in [0.05, 0.1) is 0 Å². The molecule has 1 spiro atoms. The number of nitrogens with zero attached hydrogens (tertiary/aromatic N) is 3. The van der Waals surface area contributed by atoms with Gasteiger partial charge in [0, 0.05) is 44.8 Å². The van der Waals surface area contributed by atoms with E-state index in [2.05, 4.69) is 59.6 Å². The first-order valence-corrected chi connectivity index (χ1v) is 9.06. The zero-order valence-electron chi connectivity index (χ0n) is 15.2. The molecule has 0 bridgehead atoms. The Bertz CT molecular complexity index is 534. The number of benzene rings is 1. The predicted octanol–water partition coefficient (Wildman–Crippen LogP) is 2.46. The van der Waals surface area contributed by atoms with Crippen molar-refractivity contribution in [1.29, 1.82) is 0 Å². The standard InChI is InChI=1S/C20H31N3O/c1-4-15-24-19-7-5-18(6-8-19)16-23-11-9-20(10-12-23)17-21(2)13-14-22(20)3/h4-8H,1,9-17H2,2-3H3. The van der Waals surface area contributed by atoms with E-state index in [4.69, 9.17) is 4.74 Å². The van der Waals surface area contributed by atoms with Crippen LogP contribution in [0.25, 0.3) is 0 Å². The van der Waals surface area contributed by atoms with Crippen LogP contribution in [0.3, 0.4) is 0 Å². The number of rotatable bonds is 5. The summed E-state index contributed by atoms with van der Waals surface area (Å²) in [5.74, 6) is 0.920. The Labute approximate surface area is 146 Å². The third kappa shape index (κ3) is 4.00. The van der Waals surface area contributed by atoms with E-state index < -0.39 is 0 Å². The summed E-state index contributed by atoms with van der Waals surface area (Å²) in [5, 5.41) is 0. The fourth-order valence-electron chi connectivity index (χ4n) is 4.03. The third-order valence-electron chi connectivity index (χ3n) is 5.68. The molecule has 1 aromatic rings. The van der Waals surface area contributed by atoms with Gasteiger partial charge in [0.25, 0.3) is 0 Å². The van der Waals surface area contributed by atoms with Crippen molar-refractivity contribution in [2.24, 2.45) is 0 Å². The van der Waals surface area contributed by atoms with Gasteiger partial charge in [0.2, 0.25) is 0 Å². The lowest BCUT2D eigenvalue weighted by molar-refractivity contribution is -0.0205. The van der Waals surface area contributed by atoms with Gasteiger partial charge >= 0.3 is 0 Å². The lowest BCUT2D eigenvalue weighted by atomic mass is 9.83. The lowest BCUT2D eigenvalue weighted by Gasteiger charge is -2.52. The Morgan fingerprint density at radius 1 is 1.08 bits per heavy atom. The molecule has 0 atom stereocenters. The molecular formula is C20H31N3O. The van der Waals surface area contributed by atoms with Crippen LogP contribution in [0.15, 0.2) is 36.9 Å². The van der Waals surface area contributed by atoms with Gasteiger partial charge < -0.3 is 9.64 Å². The molecule has 2 heterocycles. The Morgan fingerprint density at radius 2 is 1.79 bits per heavy atom. The van der Waals surface area contributed by atoms with Crippen LogP contribution in [-0.2, 0) is 6.54 Å². The third-order valence-corrected chi connectivity index (χ3v) is 5.68. The monoisotopic (exact) mass is 329 g/mol. The first kappa shape index (κ1) is 17.5. The summed E-state index contributed by atoms with van der Waals surface area (Å²) >= 11 is 0. The minimum Gasteiger partial charge on any atom is -0.490 e. The number of piperidine rings is 1. The van der Waals surface area contributed by atoms with Crippen LogP contribution in [0.5, 0.6) is 5.75 Å². The second kappa shape index (κ2) is 7.68. The van der Waals surface area contributed by atoms with Crippen LogP contribution in [0, 0.1) is 0 Å². The second-order valence-electron chi connectivity index (χ2n) is 7.40. The average Bonchev–Trinajstić information content (AvgIpc) is 2.60. The van der Waals surface area contributed by atoms with Crippen LogP contribution in [0.4, 0.5) is 0 Å². The van der Waals surface area contributed by atoms with Crippen LogP contribution in [0.2, 0.25) is 0 Å². The Kier molecular flexibility index (Phi) is 5.59. The molecule has 2 aliphatic rings. The summed E-state index contributed by atoms with van der Waals surface area (Å²) in [4.78, 5) is 7.70. The molecule has 4 heteroatoms. The molecule has 3 rings (SSSR count). The molecular weight excluding hydrogens is 298 g/mol. The van der Waals surface area contributed by atoms with Gasteiger partial charge in [-0.2, -0.15) is 0 Å². The van der Waals surface area contributed by atoms with Gasteiger partial charge in [0.1, 0.15) is 12.4 Å². The van der Waals surface area contributed by atoms with Gasteiger partial charge in [-0.1, -0.05) is 24.8 Å². The van der Waals surface area contributed by atoms with Crippen molar-refractivity contribution in [2.75, 3.05) is 53.4 Å². The first-order chi connectivity index (χ1) is 11.6. The van der Waals surface area contributed by atoms with Gasteiger partial charge in [-0.3, -0.25) is 9.80 Å². The highest BCUT2D eigenvalue weighted by atomic mass is 16.5. The maximum atomic E-state index is 5.56. The summed E-state index contributed by atoms with van der Waals surface area (Å²) in [5.41, 5.74) is 1.76. The number of ether oxygens (including phenoxy) is 1. The molecule has 2 aliphatic heterocycles. The molecule has 132 valence electrons. The molecule has 0 N–H and O–H groups in total. The molecule has 0 aliphatic carbocycles. The molecule has 0 saturated carbocycles. The van der Waals surface area contributed by atoms with E-state index in [-0.39, 0.29) is 0 Å². The fraction of sp³-hybridized carbons (Fsp3) is 0.600. The molecule has 2 fully saturated rings. The SMILES string of the molecule is C=CCOc1ccc(CN2CCC3(CC2)CN(C)CCN3C)cc1. The van der Waals surface area contributed by atoms with Gasteiger partial charge in [-0.15, -0.1) is 0 Å². The zero-order chi connectivity index (χ0) is 17.0. The lowest BCUT2D eigenvalue weighted by Crippen LogP contribution is -2.63. The van der Waals surface area contributed by atoms with Crippen molar-refractivity contribution < 1.29 is 4.74 Å². The van der Waals surface area contributed by atoms with Crippen molar-refractivity contribution in [3.8, 4) is 5.75 Å². The van der Waals surface area contributed by atoms with Crippen LogP contribution < -0.4 is 4.74 Å². The summed E-state index contributed by atoms with van der Waals surface area (Å²) in [7, 11) is 4.57. The topological polar surface area (TPSA) is 19.0 Å². The van der Waals surface area contributed by atoms with Crippen molar-refractivity contribution in [2.45, 2.75) is 24.9 Å². The molecule has 0 radical (unpaired) electrons. The quantitative estimate of drug-likeness (QED) is 0.773. The number of piperazine rings is 1. The van der Waals surface area contributed by atoms with E-state index in [1.807, 2.05) is 0 Å². The van der Waals surface area contributed by atoms with E-state index in [0.29, 0.717) is 12.1 Å². The maximum Gasteiger partial charge on any atom is 0.119 e. The number of likely N-dealkylation sites (tertiary alicyclic amines) is 1. The second-order valence-corrected chi connectivity index (χ2v) is 7.40. The predicted molar refractivity (Wildman–Crippen MR) is 99.5 cm³/mol. The molecule has 0 amide bonds. The highest BCUT2D eigenvalue weighted by Crippen LogP contribution is 2.31. The van der Waals surface area contributed by atoms with Crippen LogP contribution in [-0.4, -0.2) is 73.7 Å². The molecule has 0 unspecified atom stereocenters. The largest absolute Gasteiger partial charge is 0.490 e. The number of hydrogen-bond acceptors (Lipinski definition) is 4. The summed E-state index contributed by atoms with van der Waals surface area (Å²) in [6.07, 6.45) is 4.32. The zero-order valence-corrected chi connectivity index (χ0v) is 15.2. The van der Waals surface area contributed by atoms with Crippen LogP contribution in [0.1, 0.15) is 18.4 Å². The van der Waals surface area contributed by atoms with Gasteiger partial charge in [0.15, 0.2) is 0 Å². The van der Waals surface area contributed by atoms with E-state index in [9.17, 15) is 0 Å². The molecule has 1 aromatic carbocycles. The Morgan fingerprint density at radius 3 is 2.46 bits per heavy atom. The molecule has 0 aromatic heterocycles. The van der Waals surface area contributed by atoms with Crippen molar-refractivity contribution in [3.05, 3.63) is 42.5 Å². The minimum atomic E-state index is 0.395. The van der Waals surface area contributed by atoms with Crippen molar-refractivity contribution in [3.63, 3.8) is 0 Å². The first-order valence-electron chi connectivity index (χ1n) is 9.06. The molecule has 4 nitrogen and oxygen atoms in total. The van der Waals surface area contributed by atoms with E-state index in [1.165, 1.54) is 51.1 Å². The summed E-state index contributed by atoms with van der Waals surface area (Å²) in [6, 6.07) is 8.49. The number of likely N-dealkylation sites (N-methyl/N-ethyl adjacent to an activating group) is 2. The van der Waals surface area contributed by atoms with Crippen LogP contribution >= 0.6 is 0 Å². The minimum absolute atomic E-state index is 0.395. The van der Waals surface area contributed by atoms with E-state index in [0.717, 1.165) is 12.3 Å². The Balaban J connectivity index is 1.52. The fourth-order valence-corrected chi connectivity index (χ4v) is 4.03.